The molecule has 1 amide bonds. The maximum Gasteiger partial charge on any atom is 0.272 e. The first-order chi connectivity index (χ1) is 6.89. The molecule has 0 saturated heterocycles. The number of hydrogen-bond donors (Lipinski definition) is 1. The smallest absolute Gasteiger partial charge is 0.272 e. The Hall–Kier alpha value is -0.250. The topological polar surface area (TPSA) is 46.2 Å². The van der Waals surface area contributed by atoms with E-state index in [1.807, 2.05) is 0 Å². The second-order valence-corrected chi connectivity index (χ2v) is 5.58. The van der Waals surface area contributed by atoms with Gasteiger partial charge in [0.05, 0.1) is 0 Å². The number of amides is 1. The summed E-state index contributed by atoms with van der Waals surface area (Å²) in [6, 6.07) is -0.237. The van der Waals surface area contributed by atoms with Crippen molar-refractivity contribution in [3.63, 3.8) is 0 Å². The Bertz CT molecular complexity index is 296. The molecule has 0 unspecified atom stereocenters. The fraction of sp³-hybridized carbons (Fsp3) is 0.556. The first-order valence-electron chi connectivity index (χ1n) is 4.48. The third kappa shape index (κ3) is 4.41. The first-order valence-corrected chi connectivity index (χ1v) is 5.61. The third-order valence-corrected chi connectivity index (χ3v) is 2.54. The number of rotatable bonds is 1. The summed E-state index contributed by atoms with van der Waals surface area (Å²) in [5.41, 5.74) is 0. The lowest BCUT2D eigenvalue weighted by molar-refractivity contribution is -0.120. The minimum absolute atomic E-state index is 0.0561. The number of carbonyl (C=O) groups excluding carboxylic acids is 2. The van der Waals surface area contributed by atoms with E-state index in [4.69, 9.17) is 34.8 Å². The normalized spacial score (nSPS) is 22.3. The minimum atomic E-state index is -1.95. The minimum Gasteiger partial charge on any atom is -0.346 e. The monoisotopic (exact) mass is 269 g/mol. The summed E-state index contributed by atoms with van der Waals surface area (Å²) in [6.07, 6.45) is 4.97. The molecule has 15 heavy (non-hydrogen) atoms. The fourth-order valence-electron chi connectivity index (χ4n) is 1.27. The zero-order valence-corrected chi connectivity index (χ0v) is 10.1. The van der Waals surface area contributed by atoms with Crippen LogP contribution in [0.1, 0.15) is 19.3 Å². The van der Waals surface area contributed by atoms with Crippen LogP contribution >= 0.6 is 34.8 Å². The zero-order valence-electron chi connectivity index (χ0n) is 7.80. The van der Waals surface area contributed by atoms with Crippen LogP contribution in [0.25, 0.3) is 0 Å². The second kappa shape index (κ2) is 5.19. The third-order valence-electron chi connectivity index (χ3n) is 2.03. The lowest BCUT2D eigenvalue weighted by Crippen LogP contribution is -2.40. The summed E-state index contributed by atoms with van der Waals surface area (Å²) in [5, 5.41) is 2.55. The van der Waals surface area contributed by atoms with Crippen LogP contribution in [0.3, 0.4) is 0 Å². The van der Waals surface area contributed by atoms with Crippen LogP contribution in [0.4, 0.5) is 0 Å². The quantitative estimate of drug-likeness (QED) is 0.742. The molecule has 0 spiro atoms. The molecule has 0 radical (unpaired) electrons. The Balaban J connectivity index is 2.55. The first kappa shape index (κ1) is 12.8. The van der Waals surface area contributed by atoms with E-state index in [-0.39, 0.29) is 11.8 Å². The van der Waals surface area contributed by atoms with Gasteiger partial charge in [0, 0.05) is 12.5 Å². The van der Waals surface area contributed by atoms with E-state index >= 15 is 0 Å². The molecule has 84 valence electrons. The van der Waals surface area contributed by atoms with Gasteiger partial charge in [-0.05, 0) is 18.9 Å². The molecule has 1 aliphatic rings. The predicted molar refractivity (Wildman–Crippen MR) is 60.2 cm³/mol. The molecular weight excluding hydrogens is 260 g/mol. The maximum absolute atomic E-state index is 11.3. The van der Waals surface area contributed by atoms with Gasteiger partial charge in [0.1, 0.15) is 0 Å². The van der Waals surface area contributed by atoms with Crippen molar-refractivity contribution in [1.29, 1.82) is 0 Å². The van der Waals surface area contributed by atoms with E-state index in [2.05, 4.69) is 5.32 Å². The van der Waals surface area contributed by atoms with Crippen LogP contribution < -0.4 is 5.32 Å². The standard InChI is InChI=1S/C9H10Cl3NO2/c10-9(11,12)8(15)13-6-2-1-3-7(14)5-4-6/h4-6H,1-3H2,(H,13,15)/t6-/m0/s1. The van der Waals surface area contributed by atoms with Crippen LogP contribution in [0.15, 0.2) is 12.2 Å². The molecule has 1 N–H and O–H groups in total. The molecule has 1 atom stereocenters. The molecule has 1 aliphatic carbocycles. The highest BCUT2D eigenvalue weighted by Crippen LogP contribution is 2.26. The number of ketones is 1. The summed E-state index contributed by atoms with van der Waals surface area (Å²) < 4.78 is -1.95. The molecule has 6 heteroatoms. The van der Waals surface area contributed by atoms with Gasteiger partial charge in [0.25, 0.3) is 9.70 Å². The van der Waals surface area contributed by atoms with Gasteiger partial charge in [0.15, 0.2) is 5.78 Å². The number of allylic oxidation sites excluding steroid dienone is 1. The summed E-state index contributed by atoms with van der Waals surface area (Å²) in [6.45, 7) is 0. The molecule has 0 fully saturated rings. The highest BCUT2D eigenvalue weighted by molar-refractivity contribution is 6.76. The van der Waals surface area contributed by atoms with Crippen LogP contribution in [-0.4, -0.2) is 21.5 Å². The van der Waals surface area contributed by atoms with E-state index < -0.39 is 9.70 Å². The summed E-state index contributed by atoms with van der Waals surface area (Å²) in [5.74, 6) is -0.614. The van der Waals surface area contributed by atoms with E-state index in [9.17, 15) is 9.59 Å². The summed E-state index contributed by atoms with van der Waals surface area (Å²) in [7, 11) is 0. The van der Waals surface area contributed by atoms with Gasteiger partial charge < -0.3 is 5.32 Å². The Morgan fingerprint density at radius 2 is 2.13 bits per heavy atom. The zero-order chi connectivity index (χ0) is 11.5. The van der Waals surface area contributed by atoms with Crippen molar-refractivity contribution in [3.05, 3.63) is 12.2 Å². The number of nitrogens with one attached hydrogen (secondary N) is 1. The molecule has 0 aromatic rings. The van der Waals surface area contributed by atoms with Crippen molar-refractivity contribution in [3.8, 4) is 0 Å². The van der Waals surface area contributed by atoms with Crippen molar-refractivity contribution in [2.75, 3.05) is 0 Å². The summed E-state index contributed by atoms with van der Waals surface area (Å²) in [4.78, 5) is 22.3. The van der Waals surface area contributed by atoms with Gasteiger partial charge in [-0.2, -0.15) is 0 Å². The van der Waals surface area contributed by atoms with Crippen LogP contribution in [-0.2, 0) is 9.59 Å². The van der Waals surface area contributed by atoms with Gasteiger partial charge >= 0.3 is 0 Å². The Morgan fingerprint density at radius 3 is 2.73 bits per heavy atom. The van der Waals surface area contributed by atoms with Crippen LogP contribution in [0.5, 0.6) is 0 Å². The Morgan fingerprint density at radius 1 is 1.47 bits per heavy atom. The molecule has 3 nitrogen and oxygen atoms in total. The van der Waals surface area contributed by atoms with Crippen molar-refractivity contribution in [2.45, 2.75) is 29.1 Å². The van der Waals surface area contributed by atoms with Gasteiger partial charge in [0.2, 0.25) is 0 Å². The highest BCUT2D eigenvalue weighted by Gasteiger charge is 2.31. The van der Waals surface area contributed by atoms with Gasteiger partial charge in [-0.25, -0.2) is 0 Å². The lowest BCUT2D eigenvalue weighted by Gasteiger charge is -2.17. The molecule has 0 aromatic carbocycles. The van der Waals surface area contributed by atoms with Gasteiger partial charge in [-0.1, -0.05) is 40.9 Å². The second-order valence-electron chi connectivity index (χ2n) is 3.30. The van der Waals surface area contributed by atoms with Gasteiger partial charge in [-0.15, -0.1) is 0 Å². The van der Waals surface area contributed by atoms with Crippen molar-refractivity contribution >= 4 is 46.5 Å². The SMILES string of the molecule is O=C1C=C[C@@H](NC(=O)C(Cl)(Cl)Cl)CCC1. The number of carbonyl (C=O) groups is 2. The van der Waals surface area contributed by atoms with E-state index in [1.54, 1.807) is 6.08 Å². The molecule has 0 bridgehead atoms. The van der Waals surface area contributed by atoms with Crippen molar-refractivity contribution in [1.82, 2.24) is 5.32 Å². The van der Waals surface area contributed by atoms with E-state index in [0.29, 0.717) is 12.8 Å². The van der Waals surface area contributed by atoms with Crippen molar-refractivity contribution in [2.24, 2.45) is 0 Å². The Kier molecular flexibility index (Phi) is 4.44. The molecule has 0 aromatic heterocycles. The van der Waals surface area contributed by atoms with E-state index in [0.717, 1.165) is 6.42 Å². The largest absolute Gasteiger partial charge is 0.346 e. The van der Waals surface area contributed by atoms with Gasteiger partial charge in [-0.3, -0.25) is 9.59 Å². The number of hydrogen-bond acceptors (Lipinski definition) is 2. The van der Waals surface area contributed by atoms with Crippen molar-refractivity contribution < 1.29 is 9.59 Å². The summed E-state index contributed by atoms with van der Waals surface area (Å²) >= 11 is 16.2. The maximum atomic E-state index is 11.3. The fourth-order valence-corrected chi connectivity index (χ4v) is 1.43. The predicted octanol–water partition coefficient (Wildman–Crippen LogP) is 2.15. The lowest BCUT2D eigenvalue weighted by atomic mass is 10.1. The van der Waals surface area contributed by atoms with Crippen LogP contribution in [0.2, 0.25) is 0 Å². The molecular formula is C9H10Cl3NO2. The average Bonchev–Trinajstić information content (AvgIpc) is 2.29. The number of alkyl halides is 3. The number of halogens is 3. The highest BCUT2D eigenvalue weighted by atomic mass is 35.6. The van der Waals surface area contributed by atoms with Crippen LogP contribution in [0, 0.1) is 0 Å². The Labute approximate surface area is 103 Å². The molecule has 0 aliphatic heterocycles. The average molecular weight is 271 g/mol. The molecule has 0 saturated carbocycles. The van der Waals surface area contributed by atoms with E-state index in [1.165, 1.54) is 6.08 Å². The molecule has 1 rings (SSSR count). The molecule has 0 heterocycles.